The number of nitrogens with one attached hydrogen (secondary N) is 1. The van der Waals surface area contributed by atoms with Crippen molar-refractivity contribution in [3.63, 3.8) is 0 Å². The summed E-state index contributed by atoms with van der Waals surface area (Å²) in [7, 11) is 1.35. The Morgan fingerprint density at radius 2 is 1.74 bits per heavy atom. The third-order valence-corrected chi connectivity index (χ3v) is 6.31. The van der Waals surface area contributed by atoms with Crippen molar-refractivity contribution in [3.05, 3.63) is 71.1 Å². The molecule has 0 unspecified atom stereocenters. The van der Waals surface area contributed by atoms with E-state index in [0.717, 1.165) is 37.3 Å². The van der Waals surface area contributed by atoms with Gasteiger partial charge >= 0.3 is 5.97 Å². The van der Waals surface area contributed by atoms with E-state index in [4.69, 9.17) is 9.26 Å². The van der Waals surface area contributed by atoms with Gasteiger partial charge in [-0.05, 0) is 31.5 Å². The van der Waals surface area contributed by atoms with Crippen LogP contribution in [0.2, 0.25) is 0 Å². The lowest BCUT2D eigenvalue weighted by Crippen LogP contribution is -2.53. The fourth-order valence-electron chi connectivity index (χ4n) is 4.02. The molecule has 9 heteroatoms. The summed E-state index contributed by atoms with van der Waals surface area (Å²) in [6.45, 7) is 8.16. The van der Waals surface area contributed by atoms with Gasteiger partial charge in [0.05, 0.1) is 25.3 Å². The Hall–Kier alpha value is -3.56. The molecule has 1 N–H and O–H groups in total. The molecule has 0 bridgehead atoms. The van der Waals surface area contributed by atoms with Crippen molar-refractivity contribution in [1.29, 1.82) is 0 Å². The molecule has 184 valence electrons. The largest absolute Gasteiger partial charge is 0.465 e. The van der Waals surface area contributed by atoms with Gasteiger partial charge < -0.3 is 14.6 Å². The summed E-state index contributed by atoms with van der Waals surface area (Å²) in [6.07, 6.45) is 0. The van der Waals surface area contributed by atoms with Gasteiger partial charge in [-0.3, -0.25) is 14.6 Å². The van der Waals surface area contributed by atoms with Gasteiger partial charge in [0.15, 0.2) is 0 Å². The molecule has 1 aliphatic heterocycles. The third kappa shape index (κ3) is 6.32. The van der Waals surface area contributed by atoms with Gasteiger partial charge in [-0.1, -0.05) is 47.1 Å². The molecule has 35 heavy (non-hydrogen) atoms. The van der Waals surface area contributed by atoms with Crippen molar-refractivity contribution >= 4 is 11.9 Å². The maximum atomic E-state index is 12.7. The van der Waals surface area contributed by atoms with Crippen LogP contribution in [0, 0.1) is 6.92 Å². The molecule has 0 radical (unpaired) electrons. The first-order chi connectivity index (χ1) is 16.9. The average molecular weight is 478 g/mol. The van der Waals surface area contributed by atoms with E-state index in [9.17, 15) is 9.59 Å². The number of rotatable bonds is 8. The van der Waals surface area contributed by atoms with Gasteiger partial charge in [0, 0.05) is 38.3 Å². The van der Waals surface area contributed by atoms with E-state index in [2.05, 4.69) is 25.3 Å². The normalized spacial score (nSPS) is 15.5. The minimum Gasteiger partial charge on any atom is -0.465 e. The maximum Gasteiger partial charge on any atom is 0.337 e. The molecule has 2 aromatic carbocycles. The molecule has 1 fully saturated rings. The molecule has 1 aliphatic rings. The van der Waals surface area contributed by atoms with Crippen molar-refractivity contribution in [2.24, 2.45) is 0 Å². The van der Waals surface area contributed by atoms with Crippen LogP contribution in [0.4, 0.5) is 0 Å². The van der Waals surface area contributed by atoms with Crippen LogP contribution in [0.25, 0.3) is 11.4 Å². The van der Waals surface area contributed by atoms with E-state index in [1.54, 1.807) is 12.1 Å². The molecule has 0 aliphatic carbocycles. The van der Waals surface area contributed by atoms with E-state index in [0.29, 0.717) is 30.4 Å². The number of carbonyl (C=O) groups is 2. The highest BCUT2D eigenvalue weighted by atomic mass is 16.5. The highest BCUT2D eigenvalue weighted by Gasteiger charge is 2.26. The van der Waals surface area contributed by atoms with Crippen LogP contribution in [0.3, 0.4) is 0 Å². The van der Waals surface area contributed by atoms with Gasteiger partial charge in [-0.25, -0.2) is 4.79 Å². The number of ether oxygens (including phenoxy) is 1. The zero-order chi connectivity index (χ0) is 24.8. The summed E-state index contributed by atoms with van der Waals surface area (Å²) in [5.74, 6) is 0.802. The molecule has 9 nitrogen and oxygen atoms in total. The van der Waals surface area contributed by atoms with Gasteiger partial charge in [-0.15, -0.1) is 0 Å². The second-order valence-corrected chi connectivity index (χ2v) is 8.77. The first-order valence-corrected chi connectivity index (χ1v) is 11.7. The number of piperazine rings is 1. The zero-order valence-electron chi connectivity index (χ0n) is 20.4. The van der Waals surface area contributed by atoms with E-state index >= 15 is 0 Å². The predicted octanol–water partition coefficient (Wildman–Crippen LogP) is 2.65. The number of benzene rings is 2. The van der Waals surface area contributed by atoms with Crippen molar-refractivity contribution in [2.75, 3.05) is 33.3 Å². The molecular formula is C26H31N5O4. The fourth-order valence-corrected chi connectivity index (χ4v) is 4.02. The molecular weight excluding hydrogens is 446 g/mol. The number of carbonyl (C=O) groups excluding carboxylic acids is 2. The minimum atomic E-state index is -0.376. The molecule has 1 atom stereocenters. The highest BCUT2D eigenvalue weighted by molar-refractivity contribution is 5.89. The van der Waals surface area contributed by atoms with Gasteiger partial charge in [0.1, 0.15) is 0 Å². The lowest BCUT2D eigenvalue weighted by atomic mass is 10.1. The van der Waals surface area contributed by atoms with Crippen LogP contribution in [-0.4, -0.2) is 71.1 Å². The first-order valence-electron chi connectivity index (χ1n) is 11.7. The van der Waals surface area contributed by atoms with Gasteiger partial charge in [-0.2, -0.15) is 4.98 Å². The van der Waals surface area contributed by atoms with Crippen molar-refractivity contribution in [1.82, 2.24) is 25.3 Å². The average Bonchev–Trinajstić information content (AvgIpc) is 3.36. The second kappa shape index (κ2) is 11.2. The van der Waals surface area contributed by atoms with Gasteiger partial charge in [0.2, 0.25) is 17.6 Å². The Labute approximate surface area is 205 Å². The van der Waals surface area contributed by atoms with Crippen LogP contribution in [-0.2, 0) is 22.6 Å². The molecule has 3 aromatic rings. The number of hydrogen-bond acceptors (Lipinski definition) is 8. The van der Waals surface area contributed by atoms with E-state index < -0.39 is 0 Å². The predicted molar refractivity (Wildman–Crippen MR) is 130 cm³/mol. The lowest BCUT2D eigenvalue weighted by molar-refractivity contribution is -0.126. The topological polar surface area (TPSA) is 101 Å². The molecule has 1 saturated heterocycles. The number of amides is 1. The Bertz CT molecular complexity index is 1140. The zero-order valence-corrected chi connectivity index (χ0v) is 20.4. The van der Waals surface area contributed by atoms with Crippen LogP contribution < -0.4 is 5.32 Å². The summed E-state index contributed by atoms with van der Waals surface area (Å²) in [6, 6.07) is 14.8. The lowest BCUT2D eigenvalue weighted by Gasteiger charge is -2.36. The molecule has 2 heterocycles. The number of esters is 1. The number of hydrogen-bond donors (Lipinski definition) is 1. The standard InChI is InChI=1S/C26H31N5O4/c1-18-4-8-21(9-5-18)24-28-23(35-29-24)17-30-12-14-31(15-13-30)19(2)25(32)27-16-20-6-10-22(11-7-20)26(33)34-3/h4-11,19H,12-17H2,1-3H3,(H,27,32)/t19-/m0/s1. The van der Waals surface area contributed by atoms with Crippen LogP contribution in [0.15, 0.2) is 53.1 Å². The van der Waals surface area contributed by atoms with Crippen molar-refractivity contribution in [3.8, 4) is 11.4 Å². The fraction of sp³-hybridized carbons (Fsp3) is 0.385. The number of aromatic nitrogens is 2. The van der Waals surface area contributed by atoms with E-state index in [-0.39, 0.29) is 17.9 Å². The van der Waals surface area contributed by atoms with Crippen LogP contribution in [0.1, 0.15) is 34.3 Å². The van der Waals surface area contributed by atoms with Gasteiger partial charge in [0.25, 0.3) is 0 Å². The summed E-state index contributed by atoms with van der Waals surface area (Å²) in [5.41, 5.74) is 3.54. The Morgan fingerprint density at radius 3 is 2.40 bits per heavy atom. The van der Waals surface area contributed by atoms with Crippen molar-refractivity contribution in [2.45, 2.75) is 33.0 Å². The quantitative estimate of drug-likeness (QED) is 0.494. The number of methoxy groups -OCH3 is 1. The van der Waals surface area contributed by atoms with Crippen LogP contribution >= 0.6 is 0 Å². The maximum absolute atomic E-state index is 12.7. The molecule has 1 amide bonds. The molecule has 4 rings (SSSR count). The van der Waals surface area contributed by atoms with E-state index in [1.807, 2.05) is 50.2 Å². The Balaban J connectivity index is 1.22. The molecule has 0 saturated carbocycles. The number of aryl methyl sites for hydroxylation is 1. The summed E-state index contributed by atoms with van der Waals surface area (Å²) in [4.78, 5) is 33.2. The Kier molecular flexibility index (Phi) is 7.89. The summed E-state index contributed by atoms with van der Waals surface area (Å²) >= 11 is 0. The minimum absolute atomic E-state index is 0.0184. The van der Waals surface area contributed by atoms with E-state index in [1.165, 1.54) is 12.7 Å². The third-order valence-electron chi connectivity index (χ3n) is 6.31. The van der Waals surface area contributed by atoms with Crippen molar-refractivity contribution < 1.29 is 18.8 Å². The summed E-state index contributed by atoms with van der Waals surface area (Å²) in [5, 5.41) is 7.10. The Morgan fingerprint density at radius 1 is 1.06 bits per heavy atom. The van der Waals surface area contributed by atoms with Crippen LogP contribution in [0.5, 0.6) is 0 Å². The number of nitrogens with zero attached hydrogens (tertiary/aromatic N) is 4. The molecule has 0 spiro atoms. The smallest absolute Gasteiger partial charge is 0.337 e. The first kappa shape index (κ1) is 24.6. The monoisotopic (exact) mass is 477 g/mol. The second-order valence-electron chi connectivity index (χ2n) is 8.77. The SMILES string of the molecule is COC(=O)c1ccc(CNC(=O)[C@H](C)N2CCN(Cc3nc(-c4ccc(C)cc4)no3)CC2)cc1. The summed E-state index contributed by atoms with van der Waals surface area (Å²) < 4.78 is 10.2. The highest BCUT2D eigenvalue weighted by Crippen LogP contribution is 2.18. The molecule has 1 aromatic heterocycles.